The number of carbonyl (C=O) groups excluding carboxylic acids is 2. The number of rotatable bonds is 9. The summed E-state index contributed by atoms with van der Waals surface area (Å²) in [5.41, 5.74) is 1.29. The molecule has 3 fully saturated rings. The number of hydrogen-bond donors (Lipinski definition) is 1. The second-order valence-electron chi connectivity index (χ2n) is 12.8. The molecule has 41 heavy (non-hydrogen) atoms. The van der Waals surface area contributed by atoms with Crippen LogP contribution in [0.3, 0.4) is 0 Å². The summed E-state index contributed by atoms with van der Waals surface area (Å²) in [6, 6.07) is 8.16. The summed E-state index contributed by atoms with van der Waals surface area (Å²) < 4.78 is 2.01. The number of amides is 2. The molecule has 2 aromatic rings. The van der Waals surface area contributed by atoms with E-state index in [1.54, 1.807) is 13.3 Å². The SMILES string of the molecule is CC(=O)N(C)[C@H]1CC[C@@H](N[C@H](Cc2ccc(Cl)cc2)C(=O)N2CCC(Cn3cncn3)(C3CCCCC3)CC2)CC1. The molecule has 2 aliphatic carbocycles. The Morgan fingerprint density at radius 3 is 2.34 bits per heavy atom. The lowest BCUT2D eigenvalue weighted by Gasteiger charge is -2.48. The summed E-state index contributed by atoms with van der Waals surface area (Å²) in [6.07, 6.45) is 16.5. The number of carbonyl (C=O) groups is 2. The van der Waals surface area contributed by atoms with Crippen LogP contribution >= 0.6 is 11.6 Å². The normalized spacial score (nSPS) is 24.1. The van der Waals surface area contributed by atoms with E-state index >= 15 is 0 Å². The minimum absolute atomic E-state index is 0.121. The number of piperidine rings is 1. The van der Waals surface area contributed by atoms with E-state index in [0.717, 1.165) is 63.7 Å². The molecule has 2 saturated carbocycles. The summed E-state index contributed by atoms with van der Waals surface area (Å²) >= 11 is 6.16. The monoisotopic (exact) mass is 582 g/mol. The topological polar surface area (TPSA) is 83.4 Å². The van der Waals surface area contributed by atoms with Gasteiger partial charge in [-0.3, -0.25) is 14.3 Å². The predicted octanol–water partition coefficient (Wildman–Crippen LogP) is 5.11. The van der Waals surface area contributed by atoms with E-state index in [1.807, 2.05) is 47.2 Å². The van der Waals surface area contributed by atoms with Crippen LogP contribution in [-0.2, 0) is 22.6 Å². The highest BCUT2D eigenvalue weighted by molar-refractivity contribution is 6.30. The minimum atomic E-state index is -0.277. The van der Waals surface area contributed by atoms with E-state index < -0.39 is 0 Å². The van der Waals surface area contributed by atoms with Crippen molar-refractivity contribution in [3.63, 3.8) is 0 Å². The molecule has 224 valence electrons. The molecule has 8 nitrogen and oxygen atoms in total. The van der Waals surface area contributed by atoms with Crippen molar-refractivity contribution in [1.82, 2.24) is 29.9 Å². The molecule has 5 rings (SSSR count). The number of nitrogens with one attached hydrogen (secondary N) is 1. The molecular formula is C32H47ClN6O2. The third-order valence-electron chi connectivity index (χ3n) is 10.3. The van der Waals surface area contributed by atoms with Crippen LogP contribution in [0.5, 0.6) is 0 Å². The van der Waals surface area contributed by atoms with Gasteiger partial charge in [-0.25, -0.2) is 4.98 Å². The molecule has 0 spiro atoms. The number of aromatic nitrogens is 3. The van der Waals surface area contributed by atoms with Crippen LogP contribution in [-0.4, -0.2) is 74.6 Å². The largest absolute Gasteiger partial charge is 0.343 e. The number of hydrogen-bond acceptors (Lipinski definition) is 5. The van der Waals surface area contributed by atoms with E-state index in [0.29, 0.717) is 17.4 Å². The van der Waals surface area contributed by atoms with Gasteiger partial charge in [0.05, 0.1) is 6.04 Å². The lowest BCUT2D eigenvalue weighted by Crippen LogP contribution is -2.56. The van der Waals surface area contributed by atoms with Gasteiger partial charge in [0.25, 0.3) is 0 Å². The third-order valence-corrected chi connectivity index (χ3v) is 10.6. The highest BCUT2D eigenvalue weighted by Gasteiger charge is 2.44. The van der Waals surface area contributed by atoms with Crippen molar-refractivity contribution >= 4 is 23.4 Å². The Kier molecular flexibility index (Phi) is 10.0. The zero-order valence-corrected chi connectivity index (χ0v) is 25.6. The summed E-state index contributed by atoms with van der Waals surface area (Å²) in [5.74, 6) is 1.01. The van der Waals surface area contributed by atoms with Crippen LogP contribution in [0.2, 0.25) is 5.02 Å². The van der Waals surface area contributed by atoms with Gasteiger partial charge in [-0.05, 0) is 86.8 Å². The van der Waals surface area contributed by atoms with Crippen molar-refractivity contribution in [3.05, 3.63) is 47.5 Å². The molecule has 2 amide bonds. The zero-order valence-electron chi connectivity index (χ0n) is 24.8. The quantitative estimate of drug-likeness (QED) is 0.444. The fourth-order valence-corrected chi connectivity index (χ4v) is 7.81. The third kappa shape index (κ3) is 7.50. The van der Waals surface area contributed by atoms with Crippen LogP contribution in [0.25, 0.3) is 0 Å². The molecule has 1 aromatic heterocycles. The van der Waals surface area contributed by atoms with Crippen molar-refractivity contribution in [3.8, 4) is 0 Å². The molecule has 2 heterocycles. The van der Waals surface area contributed by atoms with Crippen LogP contribution in [0.15, 0.2) is 36.9 Å². The fraction of sp³-hybridized carbons (Fsp3) is 0.688. The molecule has 9 heteroatoms. The smallest absolute Gasteiger partial charge is 0.240 e. The number of likely N-dealkylation sites (tertiary alicyclic amines) is 1. The molecule has 1 N–H and O–H groups in total. The van der Waals surface area contributed by atoms with E-state index in [4.69, 9.17) is 11.6 Å². The summed E-state index contributed by atoms with van der Waals surface area (Å²) in [5, 5.41) is 8.94. The van der Waals surface area contributed by atoms with E-state index in [9.17, 15) is 9.59 Å². The number of nitrogens with zero attached hydrogens (tertiary/aromatic N) is 5. The highest BCUT2D eigenvalue weighted by Crippen LogP contribution is 2.47. The second-order valence-corrected chi connectivity index (χ2v) is 13.2. The van der Waals surface area contributed by atoms with Gasteiger partial charge in [0, 0.05) is 50.7 Å². The number of halogens is 1. The van der Waals surface area contributed by atoms with Crippen LogP contribution in [0, 0.1) is 11.3 Å². The first-order valence-electron chi connectivity index (χ1n) is 15.7. The number of benzene rings is 1. The maximum Gasteiger partial charge on any atom is 0.240 e. The van der Waals surface area contributed by atoms with Gasteiger partial charge in [-0.1, -0.05) is 43.0 Å². The van der Waals surface area contributed by atoms with Gasteiger partial charge >= 0.3 is 0 Å². The van der Waals surface area contributed by atoms with Gasteiger partial charge in [0.15, 0.2) is 0 Å². The van der Waals surface area contributed by atoms with E-state index in [-0.39, 0.29) is 35.4 Å². The van der Waals surface area contributed by atoms with E-state index in [2.05, 4.69) is 20.3 Å². The molecule has 0 radical (unpaired) electrons. The predicted molar refractivity (Wildman–Crippen MR) is 161 cm³/mol. The van der Waals surface area contributed by atoms with Crippen molar-refractivity contribution in [2.75, 3.05) is 20.1 Å². The average molecular weight is 583 g/mol. The maximum atomic E-state index is 14.2. The fourth-order valence-electron chi connectivity index (χ4n) is 7.69. The molecule has 0 bridgehead atoms. The first-order chi connectivity index (χ1) is 19.8. The Balaban J connectivity index is 1.26. The first kappa shape index (κ1) is 30.0. The van der Waals surface area contributed by atoms with Gasteiger partial charge in [-0.15, -0.1) is 0 Å². The standard InChI is InChI=1S/C32H47ClN6O2/c1-24(40)37(2)29-14-12-28(13-15-29)36-30(20-25-8-10-27(33)11-9-25)31(41)38-18-16-32(17-19-38,21-39-23-34-22-35-39)26-6-4-3-5-7-26/h8-11,22-23,26,28-30,36H,3-7,12-21H2,1-2H3/t28-,29+,30-/m1/s1. The molecule has 1 aromatic carbocycles. The van der Waals surface area contributed by atoms with Gasteiger partial charge < -0.3 is 15.1 Å². The van der Waals surface area contributed by atoms with Crippen molar-refractivity contribution in [2.45, 2.75) is 109 Å². The molecule has 1 aliphatic heterocycles. The first-order valence-corrected chi connectivity index (χ1v) is 16.1. The molecule has 1 saturated heterocycles. The van der Waals surface area contributed by atoms with E-state index in [1.165, 1.54) is 32.1 Å². The summed E-state index contributed by atoms with van der Waals surface area (Å²) in [7, 11) is 1.90. The maximum absolute atomic E-state index is 14.2. The minimum Gasteiger partial charge on any atom is -0.343 e. The Bertz CT molecular complexity index is 1120. The Hall–Kier alpha value is -2.45. The Labute approximate surface area is 250 Å². The lowest BCUT2D eigenvalue weighted by atomic mass is 9.63. The molecule has 1 atom stereocenters. The van der Waals surface area contributed by atoms with Crippen molar-refractivity contribution in [1.29, 1.82) is 0 Å². The van der Waals surface area contributed by atoms with Gasteiger partial charge in [-0.2, -0.15) is 5.10 Å². The van der Waals surface area contributed by atoms with Crippen molar-refractivity contribution in [2.24, 2.45) is 11.3 Å². The van der Waals surface area contributed by atoms with Crippen LogP contribution in [0.4, 0.5) is 0 Å². The van der Waals surface area contributed by atoms with Gasteiger partial charge in [0.1, 0.15) is 12.7 Å². The highest BCUT2D eigenvalue weighted by atomic mass is 35.5. The van der Waals surface area contributed by atoms with Crippen molar-refractivity contribution < 1.29 is 9.59 Å². The average Bonchev–Trinajstić information content (AvgIpc) is 3.51. The lowest BCUT2D eigenvalue weighted by molar-refractivity contribution is -0.137. The van der Waals surface area contributed by atoms with Gasteiger partial charge in [0.2, 0.25) is 11.8 Å². The molecular weight excluding hydrogens is 536 g/mol. The second kappa shape index (κ2) is 13.7. The van der Waals surface area contributed by atoms with Crippen LogP contribution < -0.4 is 5.32 Å². The molecule has 3 aliphatic rings. The summed E-state index contributed by atoms with van der Waals surface area (Å²) in [6.45, 7) is 4.11. The van der Waals surface area contributed by atoms with Crippen LogP contribution in [0.1, 0.15) is 83.1 Å². The Morgan fingerprint density at radius 1 is 1.05 bits per heavy atom. The summed E-state index contributed by atoms with van der Waals surface area (Å²) in [4.78, 5) is 34.2. The molecule has 0 unspecified atom stereocenters. The Morgan fingerprint density at radius 2 is 1.73 bits per heavy atom. The zero-order chi connectivity index (χ0) is 28.8.